The second-order valence-corrected chi connectivity index (χ2v) is 5.90. The second-order valence-electron chi connectivity index (χ2n) is 4.16. The number of benzene rings is 1. The summed E-state index contributed by atoms with van der Waals surface area (Å²) in [5.41, 5.74) is 1.81. The van der Waals surface area contributed by atoms with Crippen molar-refractivity contribution in [1.82, 2.24) is 4.72 Å². The molecule has 0 aliphatic heterocycles. The second kappa shape index (κ2) is 6.56. The number of para-hydroxylation sites is 1. The maximum atomic E-state index is 12.0. The third-order valence-electron chi connectivity index (χ3n) is 2.31. The first-order valence-electron chi connectivity index (χ1n) is 5.93. The van der Waals surface area contributed by atoms with Crippen molar-refractivity contribution in [2.45, 2.75) is 25.7 Å². The van der Waals surface area contributed by atoms with Crippen molar-refractivity contribution in [3.63, 3.8) is 0 Å². The topological polar surface area (TPSA) is 58.2 Å². The zero-order chi connectivity index (χ0) is 13.6. The Kier molecular flexibility index (Phi) is 5.37. The fraction of sp³-hybridized carbons (Fsp3) is 0.385. The van der Waals surface area contributed by atoms with Gasteiger partial charge in [-0.3, -0.25) is 0 Å². The molecule has 0 unspecified atom stereocenters. The van der Waals surface area contributed by atoms with Crippen LogP contribution in [0.3, 0.4) is 0 Å². The first-order valence-corrected chi connectivity index (χ1v) is 7.41. The summed E-state index contributed by atoms with van der Waals surface area (Å²) in [5, 5.41) is 3.11. The van der Waals surface area contributed by atoms with E-state index in [1.807, 2.05) is 26.0 Å². The number of allylic oxidation sites excluding steroid dienone is 1. The molecule has 0 heterocycles. The van der Waals surface area contributed by atoms with Crippen LogP contribution in [0.5, 0.6) is 0 Å². The highest BCUT2D eigenvalue weighted by Gasteiger charge is 2.16. The summed E-state index contributed by atoms with van der Waals surface area (Å²) in [6.07, 6.45) is 2.01. The van der Waals surface area contributed by atoms with Crippen LogP contribution in [0.2, 0.25) is 0 Å². The molecule has 5 heteroatoms. The zero-order valence-corrected chi connectivity index (χ0v) is 11.8. The summed E-state index contributed by atoms with van der Waals surface area (Å²) >= 11 is 0. The molecule has 2 N–H and O–H groups in total. The number of hydrogen-bond donors (Lipinski definition) is 2. The molecule has 0 saturated heterocycles. The van der Waals surface area contributed by atoms with Gasteiger partial charge < -0.3 is 5.32 Å². The van der Waals surface area contributed by atoms with Gasteiger partial charge in [-0.05, 0) is 26.0 Å². The fourth-order valence-corrected chi connectivity index (χ4v) is 2.70. The Labute approximate surface area is 109 Å². The molecule has 0 aliphatic carbocycles. The highest BCUT2D eigenvalue weighted by atomic mass is 32.2. The molecule has 100 valence electrons. The molecular formula is C13H20N2O2S. The lowest BCUT2D eigenvalue weighted by molar-refractivity contribution is 0.584. The van der Waals surface area contributed by atoms with Gasteiger partial charge in [0.1, 0.15) is 4.90 Å². The lowest BCUT2D eigenvalue weighted by Gasteiger charge is -2.11. The maximum Gasteiger partial charge on any atom is 0.242 e. The Hall–Kier alpha value is -1.33. The highest BCUT2D eigenvalue weighted by molar-refractivity contribution is 7.89. The predicted molar refractivity (Wildman–Crippen MR) is 75.2 cm³/mol. The van der Waals surface area contributed by atoms with Crippen molar-refractivity contribution in [1.29, 1.82) is 0 Å². The van der Waals surface area contributed by atoms with Crippen molar-refractivity contribution < 1.29 is 8.42 Å². The average molecular weight is 268 g/mol. The molecule has 0 saturated carbocycles. The van der Waals surface area contributed by atoms with E-state index in [1.54, 1.807) is 25.1 Å². The minimum absolute atomic E-state index is 0.286. The van der Waals surface area contributed by atoms with Crippen molar-refractivity contribution in [3.05, 3.63) is 35.9 Å². The van der Waals surface area contributed by atoms with Gasteiger partial charge >= 0.3 is 0 Å². The smallest absolute Gasteiger partial charge is 0.242 e. The van der Waals surface area contributed by atoms with Crippen LogP contribution in [0, 0.1) is 0 Å². The molecule has 0 aromatic heterocycles. The van der Waals surface area contributed by atoms with Crippen molar-refractivity contribution in [2.75, 3.05) is 18.4 Å². The van der Waals surface area contributed by atoms with Crippen LogP contribution in [0.1, 0.15) is 20.8 Å². The van der Waals surface area contributed by atoms with Crippen LogP contribution in [-0.4, -0.2) is 21.5 Å². The summed E-state index contributed by atoms with van der Waals surface area (Å²) in [6.45, 7) is 6.76. The van der Waals surface area contributed by atoms with Gasteiger partial charge in [0, 0.05) is 13.1 Å². The summed E-state index contributed by atoms with van der Waals surface area (Å²) in [7, 11) is -3.42. The molecule has 0 bridgehead atoms. The van der Waals surface area contributed by atoms with Gasteiger partial charge in [0.25, 0.3) is 0 Å². The van der Waals surface area contributed by atoms with Crippen LogP contribution in [0.4, 0.5) is 5.69 Å². The largest absolute Gasteiger partial charge is 0.380 e. The maximum absolute atomic E-state index is 12.0. The molecule has 0 fully saturated rings. The van der Waals surface area contributed by atoms with E-state index >= 15 is 0 Å². The molecule has 0 radical (unpaired) electrons. The number of nitrogens with one attached hydrogen (secondary N) is 2. The van der Waals surface area contributed by atoms with Crippen molar-refractivity contribution >= 4 is 15.7 Å². The minimum atomic E-state index is -3.42. The van der Waals surface area contributed by atoms with Crippen LogP contribution in [-0.2, 0) is 10.0 Å². The fourth-order valence-electron chi connectivity index (χ4n) is 1.48. The van der Waals surface area contributed by atoms with E-state index in [2.05, 4.69) is 10.0 Å². The first-order chi connectivity index (χ1) is 8.47. The quantitative estimate of drug-likeness (QED) is 0.779. The minimum Gasteiger partial charge on any atom is -0.380 e. The Balaban J connectivity index is 2.96. The zero-order valence-electron chi connectivity index (χ0n) is 11.0. The molecule has 1 rings (SSSR count). The van der Waals surface area contributed by atoms with E-state index in [1.165, 1.54) is 5.57 Å². The molecular weight excluding hydrogens is 248 g/mol. The van der Waals surface area contributed by atoms with Crippen LogP contribution in [0.15, 0.2) is 40.8 Å². The number of sulfonamides is 1. The lowest BCUT2D eigenvalue weighted by Crippen LogP contribution is -2.24. The first kappa shape index (κ1) is 14.7. The van der Waals surface area contributed by atoms with E-state index in [4.69, 9.17) is 0 Å². The lowest BCUT2D eigenvalue weighted by atomic mass is 10.3. The average Bonchev–Trinajstić information content (AvgIpc) is 2.29. The Morgan fingerprint density at radius 3 is 2.56 bits per heavy atom. The Bertz CT molecular complexity index is 518. The van der Waals surface area contributed by atoms with Gasteiger partial charge in [0.2, 0.25) is 10.0 Å². The third kappa shape index (κ3) is 4.16. The molecule has 1 aromatic carbocycles. The van der Waals surface area contributed by atoms with Gasteiger partial charge in [0.15, 0.2) is 0 Å². The van der Waals surface area contributed by atoms with Gasteiger partial charge in [-0.25, -0.2) is 13.1 Å². The molecule has 18 heavy (non-hydrogen) atoms. The standard InChI is InChI=1S/C13H20N2O2S/c1-4-15-18(16,17)13-8-6-5-7-12(13)14-10-9-11(2)3/h5-9,14-15H,4,10H2,1-3H3. The molecule has 0 amide bonds. The highest BCUT2D eigenvalue weighted by Crippen LogP contribution is 2.20. The van der Waals surface area contributed by atoms with Crippen molar-refractivity contribution in [2.24, 2.45) is 0 Å². The number of hydrogen-bond acceptors (Lipinski definition) is 3. The van der Waals surface area contributed by atoms with Gasteiger partial charge in [-0.2, -0.15) is 0 Å². The summed E-state index contributed by atoms with van der Waals surface area (Å²) in [6, 6.07) is 6.90. The molecule has 0 spiro atoms. The summed E-state index contributed by atoms with van der Waals surface area (Å²) in [4.78, 5) is 0.286. The van der Waals surface area contributed by atoms with Crippen LogP contribution >= 0.6 is 0 Å². The summed E-state index contributed by atoms with van der Waals surface area (Å²) in [5.74, 6) is 0. The molecule has 0 atom stereocenters. The van der Waals surface area contributed by atoms with Crippen LogP contribution < -0.4 is 10.0 Å². The number of rotatable bonds is 6. The number of anilines is 1. The SMILES string of the molecule is CCNS(=O)(=O)c1ccccc1NCC=C(C)C. The van der Waals surface area contributed by atoms with E-state index in [-0.39, 0.29) is 4.90 Å². The Morgan fingerprint density at radius 2 is 1.94 bits per heavy atom. The molecule has 1 aromatic rings. The monoisotopic (exact) mass is 268 g/mol. The Morgan fingerprint density at radius 1 is 1.28 bits per heavy atom. The van der Waals surface area contributed by atoms with E-state index in [9.17, 15) is 8.42 Å². The van der Waals surface area contributed by atoms with E-state index in [0.29, 0.717) is 18.8 Å². The molecule has 4 nitrogen and oxygen atoms in total. The normalized spacial score (nSPS) is 11.1. The predicted octanol–water partition coefficient (Wildman–Crippen LogP) is 2.36. The van der Waals surface area contributed by atoms with Crippen LogP contribution in [0.25, 0.3) is 0 Å². The third-order valence-corrected chi connectivity index (χ3v) is 3.92. The van der Waals surface area contributed by atoms with Gasteiger partial charge in [0.05, 0.1) is 5.69 Å². The van der Waals surface area contributed by atoms with E-state index in [0.717, 1.165) is 0 Å². The van der Waals surface area contributed by atoms with Crippen molar-refractivity contribution in [3.8, 4) is 0 Å². The van der Waals surface area contributed by atoms with Gasteiger partial charge in [-0.1, -0.05) is 30.7 Å². The van der Waals surface area contributed by atoms with E-state index < -0.39 is 10.0 Å². The molecule has 0 aliphatic rings. The summed E-state index contributed by atoms with van der Waals surface area (Å²) < 4.78 is 26.5. The van der Waals surface area contributed by atoms with Gasteiger partial charge in [-0.15, -0.1) is 0 Å².